The normalized spacial score (nSPS) is 15.8. The van der Waals surface area contributed by atoms with Gasteiger partial charge in [0.05, 0.1) is 5.69 Å². The number of nitrogens with two attached hydrogens (primary N) is 1. The topological polar surface area (TPSA) is 64.2 Å². The molecule has 0 atom stereocenters. The molecule has 1 aromatic heterocycles. The Morgan fingerprint density at radius 1 is 1.61 bits per heavy atom. The number of nitrogen functional groups attached to an aromatic ring is 1. The van der Waals surface area contributed by atoms with Gasteiger partial charge < -0.3 is 10.6 Å². The maximum absolute atomic E-state index is 12.4. The van der Waals surface area contributed by atoms with Gasteiger partial charge in [0, 0.05) is 19.3 Å². The Bertz CT molecular complexity index is 464. The number of halogens is 3. The van der Waals surface area contributed by atoms with Crippen LogP contribution in [0.15, 0.2) is 6.20 Å². The molecule has 5 nitrogen and oxygen atoms in total. The number of hydrogen-bond acceptors (Lipinski definition) is 3. The number of aryl methyl sites for hydroxylation is 1. The maximum atomic E-state index is 12.4. The Hall–Kier alpha value is -1.73. The van der Waals surface area contributed by atoms with Gasteiger partial charge in [-0.15, -0.1) is 0 Å². The average molecular weight is 262 g/mol. The lowest BCUT2D eigenvalue weighted by atomic mass is 10.3. The Balaban J connectivity index is 2.21. The van der Waals surface area contributed by atoms with Crippen LogP contribution in [0.4, 0.5) is 18.9 Å². The van der Waals surface area contributed by atoms with Gasteiger partial charge in [0.2, 0.25) is 0 Å². The zero-order chi connectivity index (χ0) is 13.5. The van der Waals surface area contributed by atoms with Crippen LogP contribution < -0.4 is 5.73 Å². The lowest BCUT2D eigenvalue weighted by Crippen LogP contribution is -2.41. The van der Waals surface area contributed by atoms with E-state index in [0.29, 0.717) is 12.8 Å². The summed E-state index contributed by atoms with van der Waals surface area (Å²) >= 11 is 0. The van der Waals surface area contributed by atoms with E-state index in [0.717, 1.165) is 4.90 Å². The Morgan fingerprint density at radius 2 is 2.22 bits per heavy atom. The second kappa shape index (κ2) is 4.18. The van der Waals surface area contributed by atoms with Gasteiger partial charge in [0.15, 0.2) is 5.69 Å². The predicted octanol–water partition coefficient (Wildman–Crippen LogP) is 1.17. The van der Waals surface area contributed by atoms with Crippen LogP contribution in [0.3, 0.4) is 0 Å². The highest BCUT2D eigenvalue weighted by Crippen LogP contribution is 2.31. The van der Waals surface area contributed by atoms with E-state index in [-0.39, 0.29) is 17.4 Å². The van der Waals surface area contributed by atoms with Crippen molar-refractivity contribution in [2.24, 2.45) is 7.05 Å². The van der Waals surface area contributed by atoms with E-state index in [2.05, 4.69) is 5.10 Å². The molecule has 2 N–H and O–H groups in total. The van der Waals surface area contributed by atoms with E-state index in [1.165, 1.54) is 10.9 Å². The summed E-state index contributed by atoms with van der Waals surface area (Å²) in [6, 6.07) is -0.347. The first-order valence-electron chi connectivity index (χ1n) is 5.45. The van der Waals surface area contributed by atoms with Gasteiger partial charge in [-0.2, -0.15) is 18.3 Å². The molecule has 0 bridgehead atoms. The van der Waals surface area contributed by atoms with Crippen molar-refractivity contribution in [2.75, 3.05) is 12.3 Å². The third kappa shape index (κ3) is 2.74. The molecule has 2 rings (SSSR count). The third-order valence-corrected chi connectivity index (χ3v) is 2.66. The van der Waals surface area contributed by atoms with Crippen LogP contribution in [0.2, 0.25) is 0 Å². The third-order valence-electron chi connectivity index (χ3n) is 2.66. The number of alkyl halides is 3. The predicted molar refractivity (Wildman–Crippen MR) is 57.7 cm³/mol. The number of carbonyl (C=O) groups excluding carboxylic acids is 1. The summed E-state index contributed by atoms with van der Waals surface area (Å²) in [5, 5.41) is 3.80. The molecular weight excluding hydrogens is 249 g/mol. The fourth-order valence-corrected chi connectivity index (χ4v) is 1.76. The molecule has 0 unspecified atom stereocenters. The summed E-state index contributed by atoms with van der Waals surface area (Å²) in [4.78, 5) is 12.8. The van der Waals surface area contributed by atoms with Gasteiger partial charge in [0.1, 0.15) is 6.54 Å². The van der Waals surface area contributed by atoms with Gasteiger partial charge in [0.25, 0.3) is 5.91 Å². The number of carbonyl (C=O) groups is 1. The second-order valence-corrected chi connectivity index (χ2v) is 4.39. The van der Waals surface area contributed by atoms with Gasteiger partial charge in [-0.25, -0.2) is 0 Å². The van der Waals surface area contributed by atoms with Crippen LogP contribution in [0, 0.1) is 0 Å². The molecule has 1 heterocycles. The van der Waals surface area contributed by atoms with Gasteiger partial charge >= 0.3 is 6.18 Å². The minimum absolute atomic E-state index is 0.0929. The van der Waals surface area contributed by atoms with Crippen molar-refractivity contribution in [3.63, 3.8) is 0 Å². The summed E-state index contributed by atoms with van der Waals surface area (Å²) < 4.78 is 38.6. The fourth-order valence-electron chi connectivity index (χ4n) is 1.76. The molecule has 0 spiro atoms. The van der Waals surface area contributed by atoms with E-state index < -0.39 is 18.6 Å². The lowest BCUT2D eigenvalue weighted by molar-refractivity contribution is -0.141. The molecule has 8 heteroatoms. The molecule has 18 heavy (non-hydrogen) atoms. The van der Waals surface area contributed by atoms with Crippen molar-refractivity contribution >= 4 is 11.6 Å². The second-order valence-electron chi connectivity index (χ2n) is 4.39. The minimum Gasteiger partial charge on any atom is -0.396 e. The van der Waals surface area contributed by atoms with Crippen molar-refractivity contribution in [2.45, 2.75) is 25.1 Å². The quantitative estimate of drug-likeness (QED) is 0.889. The number of hydrogen-bond donors (Lipinski definition) is 1. The van der Waals surface area contributed by atoms with Crippen LogP contribution in [0.5, 0.6) is 0 Å². The van der Waals surface area contributed by atoms with Crippen molar-refractivity contribution in [3.8, 4) is 0 Å². The highest BCUT2D eigenvalue weighted by molar-refractivity contribution is 5.97. The fraction of sp³-hybridized carbons (Fsp3) is 0.600. The van der Waals surface area contributed by atoms with Crippen LogP contribution in [0.25, 0.3) is 0 Å². The van der Waals surface area contributed by atoms with Crippen LogP contribution in [-0.2, 0) is 7.05 Å². The van der Waals surface area contributed by atoms with Crippen molar-refractivity contribution in [1.29, 1.82) is 0 Å². The standard InChI is InChI=1S/C10H13F3N4O/c1-16-4-7(14)8(15-16)9(18)17(6-2-3-6)5-10(11,12)13/h4,6H,2-3,5,14H2,1H3. The lowest BCUT2D eigenvalue weighted by Gasteiger charge is -2.22. The molecule has 1 fully saturated rings. The molecular formula is C10H13F3N4O. The Morgan fingerprint density at radius 3 is 2.61 bits per heavy atom. The molecule has 1 saturated carbocycles. The molecule has 1 aliphatic rings. The number of nitrogens with zero attached hydrogens (tertiary/aromatic N) is 3. The van der Waals surface area contributed by atoms with Gasteiger partial charge in [-0.3, -0.25) is 9.48 Å². The van der Waals surface area contributed by atoms with Crippen LogP contribution in [-0.4, -0.2) is 39.4 Å². The van der Waals surface area contributed by atoms with E-state index in [1.54, 1.807) is 7.05 Å². The monoisotopic (exact) mass is 262 g/mol. The highest BCUT2D eigenvalue weighted by atomic mass is 19.4. The smallest absolute Gasteiger partial charge is 0.396 e. The number of rotatable bonds is 3. The van der Waals surface area contributed by atoms with Gasteiger partial charge in [-0.1, -0.05) is 0 Å². The molecule has 0 radical (unpaired) electrons. The van der Waals surface area contributed by atoms with Crippen molar-refractivity contribution in [3.05, 3.63) is 11.9 Å². The van der Waals surface area contributed by atoms with E-state index in [4.69, 9.17) is 5.73 Å². The largest absolute Gasteiger partial charge is 0.406 e. The van der Waals surface area contributed by atoms with Crippen molar-refractivity contribution < 1.29 is 18.0 Å². The van der Waals surface area contributed by atoms with Crippen molar-refractivity contribution in [1.82, 2.24) is 14.7 Å². The van der Waals surface area contributed by atoms with E-state index in [9.17, 15) is 18.0 Å². The number of anilines is 1. The first-order chi connectivity index (χ1) is 8.28. The maximum Gasteiger partial charge on any atom is 0.406 e. The summed E-state index contributed by atoms with van der Waals surface area (Å²) in [7, 11) is 1.55. The highest BCUT2D eigenvalue weighted by Gasteiger charge is 2.41. The summed E-state index contributed by atoms with van der Waals surface area (Å²) in [5.41, 5.74) is 5.53. The number of aromatic nitrogens is 2. The molecule has 0 aliphatic heterocycles. The molecule has 0 aromatic carbocycles. The zero-order valence-corrected chi connectivity index (χ0v) is 9.74. The average Bonchev–Trinajstić information content (AvgIpc) is 2.99. The number of amides is 1. The van der Waals surface area contributed by atoms with Crippen LogP contribution in [0.1, 0.15) is 23.3 Å². The Kier molecular flexibility index (Phi) is 2.95. The summed E-state index contributed by atoms with van der Waals surface area (Å²) in [6.07, 6.45) is -1.84. The SMILES string of the molecule is Cn1cc(N)c(C(=O)N(CC(F)(F)F)C2CC2)n1. The molecule has 100 valence electrons. The van der Waals surface area contributed by atoms with Crippen LogP contribution >= 0.6 is 0 Å². The first-order valence-corrected chi connectivity index (χ1v) is 5.45. The molecule has 1 aromatic rings. The van der Waals surface area contributed by atoms with Gasteiger partial charge in [-0.05, 0) is 12.8 Å². The summed E-state index contributed by atoms with van der Waals surface area (Å²) in [5.74, 6) is -0.757. The Labute approximate surface area is 101 Å². The minimum atomic E-state index is -4.41. The summed E-state index contributed by atoms with van der Waals surface area (Å²) in [6.45, 7) is -1.26. The molecule has 1 amide bonds. The first kappa shape index (κ1) is 12.7. The molecule has 0 saturated heterocycles. The van der Waals surface area contributed by atoms with E-state index in [1.807, 2.05) is 0 Å². The zero-order valence-electron chi connectivity index (χ0n) is 9.74. The van der Waals surface area contributed by atoms with E-state index >= 15 is 0 Å². The molecule has 1 aliphatic carbocycles.